The van der Waals surface area contributed by atoms with Crippen LogP contribution in [0.1, 0.15) is 131 Å². The Balaban J connectivity index is 1.27. The van der Waals surface area contributed by atoms with Gasteiger partial charge in [-0.1, -0.05) is 86.1 Å². The maximum Gasteiger partial charge on any atom is 0.397 e. The maximum absolute atomic E-state index is 14.0. The summed E-state index contributed by atoms with van der Waals surface area (Å²) in [6.45, 7) is 15.2. The van der Waals surface area contributed by atoms with Crippen molar-refractivity contribution < 1.29 is 81.7 Å². The summed E-state index contributed by atoms with van der Waals surface area (Å²) >= 11 is 0. The predicted octanol–water partition coefficient (Wildman–Crippen LogP) is 4.62. The lowest BCUT2D eigenvalue weighted by atomic mass is 9.55. The van der Waals surface area contributed by atoms with Crippen LogP contribution in [0.2, 0.25) is 0 Å². The van der Waals surface area contributed by atoms with Gasteiger partial charge in [0.1, 0.15) is 30.5 Å². The summed E-state index contributed by atoms with van der Waals surface area (Å²) in [7, 11) is -5.20. The Morgan fingerprint density at radius 1 is 0.747 bits per heavy atom. The average Bonchev–Trinajstić information content (AvgIpc) is 3.63. The highest BCUT2D eigenvalue weighted by Gasteiger charge is 2.52. The first kappa shape index (κ1) is 59.7. The van der Waals surface area contributed by atoms with Gasteiger partial charge in [-0.15, -0.1) is 0 Å². The quantitative estimate of drug-likeness (QED) is 0.104. The second-order valence-corrected chi connectivity index (χ2v) is 24.1. The lowest BCUT2D eigenvalue weighted by molar-refractivity contribution is -0.189. The van der Waals surface area contributed by atoms with Crippen molar-refractivity contribution in [3.63, 3.8) is 0 Å². The number of ether oxygens (including phenoxy) is 4. The van der Waals surface area contributed by atoms with Gasteiger partial charge >= 0.3 is 16.4 Å². The fourth-order valence-electron chi connectivity index (χ4n) is 12.7. The van der Waals surface area contributed by atoms with Crippen molar-refractivity contribution in [1.29, 1.82) is 0 Å². The van der Waals surface area contributed by atoms with Crippen molar-refractivity contribution in [1.82, 2.24) is 0 Å². The van der Waals surface area contributed by atoms with E-state index >= 15 is 0 Å². The molecule has 19 heteroatoms. The largest absolute Gasteiger partial charge is 0.458 e. The van der Waals surface area contributed by atoms with Crippen LogP contribution in [0.5, 0.6) is 0 Å². The third-order valence-corrected chi connectivity index (χ3v) is 17.7. The second-order valence-electron chi connectivity index (χ2n) is 23.0. The minimum absolute atomic E-state index is 0.00888. The molecule has 7 rings (SSSR count). The number of nitrogens with zero attached hydrogens (tertiary/aromatic N) is 1. The molecule has 0 radical (unpaired) electrons. The SMILES string of the molecule is C=C1CCC2OC(CC3=CC4C(C)=CCC(C)CC(/C=C/C(O)C5CC(O)C(O)C(CCC(O)/C=C/C(C)=C/CCC6=NCCC(C3)C64C)O5)OC(=O)CC3OC(C(O)CC1C)C(O)C3OS(=O)(=O)O)C(O)CC2O. The Morgan fingerprint density at radius 3 is 2.23 bits per heavy atom. The van der Waals surface area contributed by atoms with Gasteiger partial charge in [0.2, 0.25) is 0 Å². The number of rotatable bonds is 2. The molecule has 0 aromatic rings. The van der Waals surface area contributed by atoms with Gasteiger partial charge in [-0.25, -0.2) is 4.18 Å². The molecule has 75 heavy (non-hydrogen) atoms. The van der Waals surface area contributed by atoms with Crippen molar-refractivity contribution >= 4 is 22.1 Å². The second kappa shape index (κ2) is 25.9. The lowest BCUT2D eigenvalue weighted by Gasteiger charge is -2.50. The Kier molecular flexibility index (Phi) is 20.6. The summed E-state index contributed by atoms with van der Waals surface area (Å²) in [6.07, 6.45) is -0.705. The normalized spacial score (nSPS) is 45.3. The zero-order valence-corrected chi connectivity index (χ0v) is 45.1. The number of aliphatic hydroxyl groups is 8. The van der Waals surface area contributed by atoms with E-state index in [-0.39, 0.29) is 67.6 Å². The minimum atomic E-state index is -5.20. The Hall–Kier alpha value is -2.99. The number of carbonyl (C=O) groups is 1. The van der Waals surface area contributed by atoms with Crippen LogP contribution in [0.15, 0.2) is 76.4 Å². The van der Waals surface area contributed by atoms with Crippen LogP contribution in [0.25, 0.3) is 0 Å². The van der Waals surface area contributed by atoms with Crippen LogP contribution in [0.3, 0.4) is 0 Å². The fraction of sp³-hybridized carbons (Fsp3) is 0.750. The molecule has 21 unspecified atom stereocenters. The van der Waals surface area contributed by atoms with Gasteiger partial charge in [-0.2, -0.15) is 8.42 Å². The third kappa shape index (κ3) is 15.2. The van der Waals surface area contributed by atoms with E-state index in [0.717, 1.165) is 36.1 Å². The van der Waals surface area contributed by atoms with Crippen LogP contribution in [0, 0.1) is 29.1 Å². The highest BCUT2D eigenvalue weighted by Crippen LogP contribution is 2.53. The number of aliphatic imine (C=N–C) groups is 1. The minimum Gasteiger partial charge on any atom is -0.458 e. The summed E-state index contributed by atoms with van der Waals surface area (Å²) in [6, 6.07) is 0. The molecule has 0 amide bonds. The number of hydrogen-bond acceptors (Lipinski definition) is 17. The van der Waals surface area contributed by atoms with Gasteiger partial charge in [0.15, 0.2) is 0 Å². The number of carbonyl (C=O) groups excluding carboxylic acids is 1. The van der Waals surface area contributed by atoms with Crippen molar-refractivity contribution in [2.24, 2.45) is 34.1 Å². The van der Waals surface area contributed by atoms with Crippen molar-refractivity contribution in [2.75, 3.05) is 6.54 Å². The zero-order chi connectivity index (χ0) is 54.5. The van der Waals surface area contributed by atoms with E-state index in [2.05, 4.69) is 38.7 Å². The molecule has 0 saturated carbocycles. The molecule has 3 fully saturated rings. The van der Waals surface area contributed by atoms with Crippen LogP contribution in [0.4, 0.5) is 0 Å². The predicted molar refractivity (Wildman–Crippen MR) is 278 cm³/mol. The van der Waals surface area contributed by atoms with E-state index in [4.69, 9.17) is 28.1 Å². The summed E-state index contributed by atoms with van der Waals surface area (Å²) in [5.41, 5.74) is 4.72. The lowest BCUT2D eigenvalue weighted by Crippen LogP contribution is -2.51. The molecule has 18 nitrogen and oxygen atoms in total. The molecule has 9 bridgehead atoms. The van der Waals surface area contributed by atoms with E-state index in [0.29, 0.717) is 44.2 Å². The molecule has 1 aliphatic carbocycles. The molecule has 7 aliphatic rings. The molecule has 0 spiro atoms. The van der Waals surface area contributed by atoms with Gasteiger partial charge < -0.3 is 59.8 Å². The van der Waals surface area contributed by atoms with E-state index in [1.807, 2.05) is 26.8 Å². The molecular formula is C56H85NO17S. The summed E-state index contributed by atoms with van der Waals surface area (Å²) in [4.78, 5) is 19.2. The van der Waals surface area contributed by atoms with E-state index in [1.54, 1.807) is 6.08 Å². The van der Waals surface area contributed by atoms with Crippen molar-refractivity contribution in [2.45, 2.75) is 229 Å². The summed E-state index contributed by atoms with van der Waals surface area (Å²) < 4.78 is 63.6. The van der Waals surface area contributed by atoms with Gasteiger partial charge in [-0.3, -0.25) is 14.3 Å². The van der Waals surface area contributed by atoms with E-state index in [9.17, 15) is 58.6 Å². The number of hydrogen-bond donors (Lipinski definition) is 9. The van der Waals surface area contributed by atoms with Gasteiger partial charge in [-0.05, 0) is 115 Å². The van der Waals surface area contributed by atoms with Gasteiger partial charge in [0.25, 0.3) is 0 Å². The number of aliphatic hydroxyl groups excluding tert-OH is 8. The highest BCUT2D eigenvalue weighted by atomic mass is 32.3. The Bertz CT molecular complexity index is 2280. The topological polar surface area (TPSA) is 292 Å². The monoisotopic (exact) mass is 1080 g/mol. The Labute approximate surface area is 442 Å². The fourth-order valence-corrected chi connectivity index (χ4v) is 13.2. The molecular weight excluding hydrogens is 991 g/mol. The van der Waals surface area contributed by atoms with Gasteiger partial charge in [0, 0.05) is 36.4 Å². The molecule has 0 aromatic heterocycles. The molecule has 6 heterocycles. The van der Waals surface area contributed by atoms with Crippen LogP contribution in [-0.2, 0) is 38.3 Å². The molecule has 6 aliphatic heterocycles. The average molecular weight is 1080 g/mol. The van der Waals surface area contributed by atoms with Crippen LogP contribution < -0.4 is 0 Å². The number of esters is 1. The zero-order valence-electron chi connectivity index (χ0n) is 44.3. The highest BCUT2D eigenvalue weighted by molar-refractivity contribution is 7.80. The van der Waals surface area contributed by atoms with Crippen LogP contribution >= 0.6 is 0 Å². The van der Waals surface area contributed by atoms with Crippen molar-refractivity contribution in [3.8, 4) is 0 Å². The third-order valence-electron chi connectivity index (χ3n) is 17.3. The molecule has 3 saturated heterocycles. The van der Waals surface area contributed by atoms with Crippen molar-refractivity contribution in [3.05, 3.63) is 71.4 Å². The molecule has 9 N–H and O–H groups in total. The molecule has 21 atom stereocenters. The van der Waals surface area contributed by atoms with Crippen LogP contribution in [-0.4, -0.2) is 170 Å². The summed E-state index contributed by atoms with van der Waals surface area (Å²) in [5, 5.41) is 89.8. The Morgan fingerprint density at radius 2 is 1.48 bits per heavy atom. The first-order valence-electron chi connectivity index (χ1n) is 27.3. The molecule has 0 aromatic carbocycles. The van der Waals surface area contributed by atoms with Gasteiger partial charge in [0.05, 0.1) is 73.6 Å². The van der Waals surface area contributed by atoms with E-state index in [1.165, 1.54) is 17.7 Å². The van der Waals surface area contributed by atoms with E-state index < -0.39 is 120 Å². The first-order valence-corrected chi connectivity index (χ1v) is 28.6. The first-order chi connectivity index (χ1) is 35.4. The smallest absolute Gasteiger partial charge is 0.397 e. The molecule has 422 valence electrons. The number of allylic oxidation sites excluding steroid dienone is 7. The maximum atomic E-state index is 14.0. The summed E-state index contributed by atoms with van der Waals surface area (Å²) in [5.74, 6) is -1.29. The number of fused-ring (bicyclic) bond motifs is 10. The standard InChI is InChI=1S/C56H85NO17S/c1-30-8-7-9-50-56(6)36(20-21-57-50)24-35-25-39(56)33(4)12-10-31(2)22-38(16-17-40(59)48-28-43(62)52(65)46(72-48)19-15-37(58)14-11-30)70-51(64)29-49-55(74-75(67,68)69)53(66)54(73-49)44(63)23-34(5)32(3)13-18-45-41(60)27-42(61)47(26-35)71-45/h8,11-12,14,16-17,25,31,34,36-49,52-55,58-63,65-66H,3,7,9-10,13,15,18-24,26-29H2,1-2,4-6H3,(H,67,68,69)/b14-11+,17-16+,30-8+,33-12?.